The lowest BCUT2D eigenvalue weighted by Crippen LogP contribution is -1.90. The van der Waals surface area contributed by atoms with Crippen LogP contribution in [0.1, 0.15) is 5.56 Å². The van der Waals surface area contributed by atoms with Crippen molar-refractivity contribution in [1.82, 2.24) is 0 Å². The van der Waals surface area contributed by atoms with Crippen LogP contribution in [0.15, 0.2) is 18.4 Å². The number of ether oxygens (including phenoxy) is 2. The van der Waals surface area contributed by atoms with Crippen molar-refractivity contribution in [3.63, 3.8) is 0 Å². The Hall–Kier alpha value is -1.78. The first-order chi connectivity index (χ1) is 8.08. The summed E-state index contributed by atoms with van der Waals surface area (Å²) in [6.07, 6.45) is 2.51. The van der Waals surface area contributed by atoms with Crippen molar-refractivity contribution in [3.05, 3.63) is 24.0 Å². The van der Waals surface area contributed by atoms with Crippen molar-refractivity contribution < 1.29 is 28.6 Å². The van der Waals surface area contributed by atoms with Gasteiger partial charge in [-0.1, -0.05) is 0 Å². The highest BCUT2D eigenvalue weighted by Crippen LogP contribution is 2.37. The van der Waals surface area contributed by atoms with E-state index in [9.17, 15) is 9.67 Å². The Bertz CT molecular complexity index is 417. The van der Waals surface area contributed by atoms with Gasteiger partial charge < -0.3 is 14.6 Å². The van der Waals surface area contributed by atoms with Gasteiger partial charge in [0, 0.05) is 4.57 Å². The van der Waals surface area contributed by atoms with Gasteiger partial charge in [-0.3, -0.25) is 0 Å². The molecule has 0 aliphatic carbocycles. The summed E-state index contributed by atoms with van der Waals surface area (Å²) in [5.74, 6) is 0.357. The minimum absolute atomic E-state index is 0.110. The summed E-state index contributed by atoms with van der Waals surface area (Å²) in [5.41, 5.74) is 0.591. The Morgan fingerprint density at radius 2 is 1.76 bits per heavy atom. The molecule has 0 saturated heterocycles. The van der Waals surface area contributed by atoms with E-state index in [1.54, 1.807) is 0 Å². The Labute approximate surface area is 99.0 Å². The minimum Gasteiger partial charge on any atom is -0.502 e. The van der Waals surface area contributed by atoms with Gasteiger partial charge >= 0.3 is 8.25 Å². The van der Waals surface area contributed by atoms with Gasteiger partial charge in [-0.25, -0.2) is 4.52 Å². The average Bonchev–Trinajstić information content (AvgIpc) is 2.30. The van der Waals surface area contributed by atoms with Crippen molar-refractivity contribution in [3.8, 4) is 17.2 Å². The van der Waals surface area contributed by atoms with Gasteiger partial charge in [0.1, 0.15) is 0 Å². The molecule has 1 aromatic carbocycles. The van der Waals surface area contributed by atoms with E-state index in [1.807, 2.05) is 0 Å². The zero-order chi connectivity index (χ0) is 12.8. The topological polar surface area (TPSA) is 85.2 Å². The average molecular weight is 259 g/mol. The van der Waals surface area contributed by atoms with E-state index in [-0.39, 0.29) is 17.2 Å². The number of aromatic hydroxyl groups is 1. The fourth-order valence-electron chi connectivity index (χ4n) is 1.17. The molecule has 0 fully saturated rings. The Morgan fingerprint density at radius 3 is 2.18 bits per heavy atom. The van der Waals surface area contributed by atoms with Gasteiger partial charge in [0.25, 0.3) is 0 Å². The normalized spacial score (nSPS) is 11.4. The van der Waals surface area contributed by atoms with Crippen LogP contribution < -0.4 is 9.47 Å². The summed E-state index contributed by atoms with van der Waals surface area (Å²) in [4.78, 5) is 8.42. The maximum absolute atomic E-state index is 10.3. The fraction of sp³-hybridized carbons (Fsp3) is 0.200. The van der Waals surface area contributed by atoms with Gasteiger partial charge in [0.05, 0.1) is 14.2 Å². The zero-order valence-corrected chi connectivity index (χ0v) is 10.2. The van der Waals surface area contributed by atoms with Crippen LogP contribution in [-0.4, -0.2) is 24.2 Å². The van der Waals surface area contributed by atoms with Crippen molar-refractivity contribution >= 4 is 14.3 Å². The molecule has 2 N–H and O–H groups in total. The van der Waals surface area contributed by atoms with Crippen LogP contribution in [-0.2, 0) is 9.09 Å². The fourth-order valence-corrected chi connectivity index (χ4v) is 1.34. The third kappa shape index (κ3) is 3.62. The van der Waals surface area contributed by atoms with Crippen LogP contribution in [0.4, 0.5) is 0 Å². The van der Waals surface area contributed by atoms with Crippen molar-refractivity contribution in [2.45, 2.75) is 0 Å². The SMILES string of the molecule is COc1cc(/C=C/O[P+](=O)O)cc(OC)c1O. The third-order valence-electron chi connectivity index (χ3n) is 1.91. The molecule has 0 aromatic heterocycles. The molecule has 7 heteroatoms. The molecule has 0 saturated carbocycles. The van der Waals surface area contributed by atoms with Crippen LogP contribution in [0.25, 0.3) is 6.08 Å². The van der Waals surface area contributed by atoms with Gasteiger partial charge in [-0.15, -0.1) is 4.89 Å². The first-order valence-electron chi connectivity index (χ1n) is 4.53. The van der Waals surface area contributed by atoms with Crippen molar-refractivity contribution in [1.29, 1.82) is 0 Å². The standard InChI is InChI=1S/C10H11O6P/c1-14-8-5-7(3-4-16-17(12)13)6-9(15-2)10(8)11/h3-6H,1-2H3,(H-,11,12,13)/p+1/b4-3+. The van der Waals surface area contributed by atoms with Gasteiger partial charge in [-0.2, -0.15) is 0 Å². The Kier molecular flexibility index (Phi) is 4.75. The van der Waals surface area contributed by atoms with Crippen molar-refractivity contribution in [2.75, 3.05) is 14.2 Å². The third-order valence-corrected chi connectivity index (χ3v) is 2.22. The maximum atomic E-state index is 10.3. The van der Waals surface area contributed by atoms with Gasteiger partial charge in [0.15, 0.2) is 17.8 Å². The molecule has 0 bridgehead atoms. The zero-order valence-electron chi connectivity index (χ0n) is 9.28. The predicted octanol–water partition coefficient (Wildman–Crippen LogP) is 2.05. The van der Waals surface area contributed by atoms with E-state index in [2.05, 4.69) is 4.52 Å². The summed E-state index contributed by atoms with van der Waals surface area (Å²) in [7, 11) is 0.138. The highest BCUT2D eigenvalue weighted by atomic mass is 31.1. The van der Waals surface area contributed by atoms with E-state index in [0.717, 1.165) is 6.26 Å². The number of rotatable bonds is 5. The van der Waals surface area contributed by atoms with Crippen LogP contribution in [0, 0.1) is 0 Å². The summed E-state index contributed by atoms with van der Waals surface area (Å²) in [5, 5.41) is 9.63. The van der Waals surface area contributed by atoms with Crippen LogP contribution in [0.3, 0.4) is 0 Å². The lowest BCUT2D eigenvalue weighted by atomic mass is 10.2. The second-order valence-electron chi connectivity index (χ2n) is 2.92. The molecular formula is C10H12O6P+. The molecule has 17 heavy (non-hydrogen) atoms. The second-order valence-corrected chi connectivity index (χ2v) is 3.61. The molecule has 1 atom stereocenters. The molecule has 0 aliphatic rings. The lowest BCUT2D eigenvalue weighted by Gasteiger charge is -2.08. The molecule has 0 aliphatic heterocycles. The molecule has 0 spiro atoms. The van der Waals surface area contributed by atoms with Crippen LogP contribution in [0.2, 0.25) is 0 Å². The molecule has 1 rings (SSSR count). The van der Waals surface area contributed by atoms with Crippen LogP contribution in [0.5, 0.6) is 17.2 Å². The Morgan fingerprint density at radius 1 is 1.24 bits per heavy atom. The maximum Gasteiger partial charge on any atom is 0.746 e. The van der Waals surface area contributed by atoms with E-state index in [1.165, 1.54) is 32.4 Å². The van der Waals surface area contributed by atoms with Gasteiger partial charge in [-0.05, 0) is 23.8 Å². The molecule has 0 heterocycles. The van der Waals surface area contributed by atoms with E-state index in [0.29, 0.717) is 5.56 Å². The van der Waals surface area contributed by atoms with E-state index >= 15 is 0 Å². The number of phenolic OH excluding ortho intramolecular Hbond substituents is 1. The Balaban J connectivity index is 3.00. The first-order valence-corrected chi connectivity index (χ1v) is 5.66. The number of hydrogen-bond acceptors (Lipinski definition) is 5. The molecule has 1 unspecified atom stereocenters. The lowest BCUT2D eigenvalue weighted by molar-refractivity contribution is 0.339. The highest BCUT2D eigenvalue weighted by molar-refractivity contribution is 7.32. The quantitative estimate of drug-likeness (QED) is 0.621. The summed E-state index contributed by atoms with van der Waals surface area (Å²) < 4.78 is 24.5. The molecule has 6 nitrogen and oxygen atoms in total. The smallest absolute Gasteiger partial charge is 0.502 e. The molecule has 92 valence electrons. The number of hydrogen-bond donors (Lipinski definition) is 2. The molecule has 0 amide bonds. The second kappa shape index (κ2) is 6.08. The molecule has 1 aromatic rings. The minimum atomic E-state index is -2.67. The summed E-state index contributed by atoms with van der Waals surface area (Å²) in [6, 6.07) is 3.06. The van der Waals surface area contributed by atoms with Crippen LogP contribution >= 0.6 is 8.25 Å². The van der Waals surface area contributed by atoms with E-state index in [4.69, 9.17) is 14.4 Å². The number of phenols is 1. The van der Waals surface area contributed by atoms with Gasteiger partial charge in [0.2, 0.25) is 5.75 Å². The monoisotopic (exact) mass is 259 g/mol. The summed E-state index contributed by atoms with van der Waals surface area (Å²) in [6.45, 7) is 0. The van der Waals surface area contributed by atoms with Crippen molar-refractivity contribution in [2.24, 2.45) is 0 Å². The number of benzene rings is 1. The van der Waals surface area contributed by atoms with E-state index < -0.39 is 8.25 Å². The molecular weight excluding hydrogens is 247 g/mol. The predicted molar refractivity (Wildman–Crippen MR) is 61.2 cm³/mol. The summed E-state index contributed by atoms with van der Waals surface area (Å²) >= 11 is 0. The number of methoxy groups -OCH3 is 2. The highest BCUT2D eigenvalue weighted by Gasteiger charge is 2.11. The molecule has 0 radical (unpaired) electrons. The first kappa shape index (κ1) is 13.3. The largest absolute Gasteiger partial charge is 0.746 e.